The van der Waals surface area contributed by atoms with Crippen LogP contribution in [0.3, 0.4) is 0 Å². The second-order valence-corrected chi connectivity index (χ2v) is 15.3. The van der Waals surface area contributed by atoms with E-state index in [1.807, 2.05) is 28.7 Å². The molecule has 0 bridgehead atoms. The number of hydrogen-bond acceptors (Lipinski definition) is 10. The lowest BCUT2D eigenvalue weighted by atomic mass is 9.96. The molecule has 7 rings (SSSR count). The number of carboxylic acids is 1. The average molecular weight is 691 g/mol. The number of nitrogens with zero attached hydrogens (tertiary/aromatic N) is 2. The van der Waals surface area contributed by atoms with E-state index in [0.717, 1.165) is 23.3 Å². The maximum Gasteiger partial charge on any atom is 0.373 e. The minimum absolute atomic E-state index is 0.250. The summed E-state index contributed by atoms with van der Waals surface area (Å²) in [4.78, 5) is 49.5. The van der Waals surface area contributed by atoms with Crippen molar-refractivity contribution in [3.05, 3.63) is 82.8 Å². The van der Waals surface area contributed by atoms with Gasteiger partial charge in [-0.15, -0.1) is 34.4 Å². The third kappa shape index (κ3) is 6.31. The molecule has 2 unspecified atom stereocenters. The molecule has 2 aromatic carbocycles. The molecule has 4 aromatic rings. The summed E-state index contributed by atoms with van der Waals surface area (Å²) in [6.45, 7) is -0.411. The molecule has 228 valence electrons. The van der Waals surface area contributed by atoms with Crippen molar-refractivity contribution < 1.29 is 24.3 Å². The molecule has 0 radical (unpaired) electrons. The van der Waals surface area contributed by atoms with Gasteiger partial charge >= 0.3 is 12.1 Å². The number of carbonyl (C=O) groups is 2. The first kappa shape index (κ1) is 31.5. The average Bonchev–Trinajstić information content (AvgIpc) is 3.86. The molecule has 4 heterocycles. The van der Waals surface area contributed by atoms with Crippen LogP contribution in [0.1, 0.15) is 36.3 Å². The van der Waals surface area contributed by atoms with Crippen LogP contribution in [-0.2, 0) is 19.2 Å². The predicted molar refractivity (Wildman–Crippen MR) is 186 cm³/mol. The van der Waals surface area contributed by atoms with E-state index in [4.69, 9.17) is 26.9 Å². The summed E-state index contributed by atoms with van der Waals surface area (Å²) in [5, 5.41) is 10.4. The molecule has 12 heteroatoms. The second-order valence-electron chi connectivity index (χ2n) is 10.6. The van der Waals surface area contributed by atoms with E-state index >= 15 is 0 Å². The molecule has 45 heavy (non-hydrogen) atoms. The third-order valence-electron chi connectivity index (χ3n) is 8.04. The molecule has 0 spiro atoms. The van der Waals surface area contributed by atoms with Gasteiger partial charge in [-0.25, -0.2) is 0 Å². The van der Waals surface area contributed by atoms with Crippen LogP contribution in [-0.4, -0.2) is 51.2 Å². The van der Waals surface area contributed by atoms with Crippen molar-refractivity contribution in [1.29, 1.82) is 0 Å². The molecule has 1 N–H and O–H groups in total. The van der Waals surface area contributed by atoms with Crippen LogP contribution in [0.4, 0.5) is 10.7 Å². The SMILES string of the molecule is CSc1ccc(-c2ccc(-c3ccc(N4c5ccc(/C=C6\SC(=S)N(CC(=O)O)C6=O)cc5C5CCCC54)s3)s2)cc1.O=C=O. The van der Waals surface area contributed by atoms with E-state index < -0.39 is 12.5 Å². The normalized spacial score (nSPS) is 19.4. The Balaban J connectivity index is 0.00000115. The lowest BCUT2D eigenvalue weighted by molar-refractivity contribution is -0.191. The standard InChI is InChI=1S/C32H26N2O3S5.CO2/c1-39-20-8-6-19(7-9-20)25-11-12-26(40-25)27-13-14-29(41-27)34-23-4-2-3-21(23)22-15-18(5-10-24(22)34)16-28-31(37)33(17-30(35)36)32(38)42-28;2-1-3/h5-16,21,23H,2-4,17H2,1H3,(H,35,36);/b28-16-;. The third-order valence-corrected chi connectivity index (χ3v) is 12.6. The highest BCUT2D eigenvalue weighted by atomic mass is 32.2. The van der Waals surface area contributed by atoms with E-state index in [9.17, 15) is 9.59 Å². The number of hydrogen-bond donors (Lipinski definition) is 1. The summed E-state index contributed by atoms with van der Waals surface area (Å²) in [7, 11) is 0. The van der Waals surface area contributed by atoms with Gasteiger partial charge < -0.3 is 10.0 Å². The highest BCUT2D eigenvalue weighted by Gasteiger charge is 2.42. The van der Waals surface area contributed by atoms with Crippen molar-refractivity contribution in [2.45, 2.75) is 36.1 Å². The second kappa shape index (κ2) is 13.5. The molecule has 1 amide bonds. The zero-order valence-electron chi connectivity index (χ0n) is 23.9. The van der Waals surface area contributed by atoms with Gasteiger partial charge in [-0.1, -0.05) is 48.6 Å². The van der Waals surface area contributed by atoms with Crippen molar-refractivity contribution in [2.75, 3.05) is 17.7 Å². The number of rotatable bonds is 7. The van der Waals surface area contributed by atoms with Gasteiger partial charge in [-0.2, -0.15) is 9.59 Å². The van der Waals surface area contributed by atoms with Crippen molar-refractivity contribution in [3.63, 3.8) is 0 Å². The van der Waals surface area contributed by atoms with Crippen molar-refractivity contribution in [3.8, 4) is 20.2 Å². The van der Waals surface area contributed by atoms with Crippen LogP contribution >= 0.6 is 58.4 Å². The summed E-state index contributed by atoms with van der Waals surface area (Å²) < 4.78 is 0.289. The largest absolute Gasteiger partial charge is 0.480 e. The topological polar surface area (TPSA) is 95.0 Å². The van der Waals surface area contributed by atoms with Crippen LogP contribution in [0.25, 0.3) is 26.3 Å². The molecular weight excluding hydrogens is 665 g/mol. The Morgan fingerprint density at radius 2 is 1.73 bits per heavy atom. The summed E-state index contributed by atoms with van der Waals surface area (Å²) in [5.74, 6) is -0.958. The smallest absolute Gasteiger partial charge is 0.373 e. The minimum atomic E-state index is -1.07. The number of thioether (sulfide) groups is 2. The number of carbonyl (C=O) groups excluding carboxylic acids is 3. The summed E-state index contributed by atoms with van der Waals surface area (Å²) in [6.07, 6.45) is 7.71. The zero-order chi connectivity index (χ0) is 31.7. The number of fused-ring (bicyclic) bond motifs is 3. The number of benzene rings is 2. The summed E-state index contributed by atoms with van der Waals surface area (Å²) in [6, 6.07) is 24.6. The molecular formula is C33H26N2O5S5. The molecule has 1 saturated heterocycles. The molecule has 3 aliphatic rings. The van der Waals surface area contributed by atoms with Gasteiger partial charge in [0.2, 0.25) is 0 Å². The fourth-order valence-corrected chi connectivity index (χ4v) is 9.99. The van der Waals surface area contributed by atoms with Gasteiger partial charge in [0.25, 0.3) is 5.91 Å². The Bertz CT molecular complexity index is 1850. The van der Waals surface area contributed by atoms with Gasteiger partial charge in [0.05, 0.1) is 9.91 Å². The monoisotopic (exact) mass is 690 g/mol. The van der Waals surface area contributed by atoms with Crippen molar-refractivity contribution in [1.82, 2.24) is 4.90 Å². The number of carboxylic acid groups (broad SMARTS) is 1. The minimum Gasteiger partial charge on any atom is -0.480 e. The number of amides is 1. The lowest BCUT2D eigenvalue weighted by Crippen LogP contribution is -2.33. The van der Waals surface area contributed by atoms with Crippen LogP contribution in [0.2, 0.25) is 0 Å². The quantitative estimate of drug-likeness (QED) is 0.117. The van der Waals surface area contributed by atoms with Crippen LogP contribution in [0.15, 0.2) is 76.5 Å². The molecule has 2 atom stereocenters. The fourth-order valence-electron chi connectivity index (χ4n) is 6.15. The van der Waals surface area contributed by atoms with E-state index in [0.29, 0.717) is 16.9 Å². The van der Waals surface area contributed by atoms with Gasteiger partial charge in [0.15, 0.2) is 0 Å². The fraction of sp³-hybridized carbons (Fsp3) is 0.212. The maximum absolute atomic E-state index is 12.8. The van der Waals surface area contributed by atoms with Crippen molar-refractivity contribution >= 4 is 97.5 Å². The van der Waals surface area contributed by atoms with Gasteiger partial charge in [-0.05, 0) is 90.4 Å². The van der Waals surface area contributed by atoms with Crippen LogP contribution < -0.4 is 4.90 Å². The van der Waals surface area contributed by atoms with E-state index in [-0.39, 0.29) is 16.4 Å². The predicted octanol–water partition coefficient (Wildman–Crippen LogP) is 8.36. The first-order valence-corrected chi connectivity index (χ1v) is 18.1. The summed E-state index contributed by atoms with van der Waals surface area (Å²) in [5.41, 5.74) is 4.77. The van der Waals surface area contributed by atoms with E-state index in [1.54, 1.807) is 11.8 Å². The van der Waals surface area contributed by atoms with Gasteiger partial charge in [-0.3, -0.25) is 14.5 Å². The molecule has 7 nitrogen and oxygen atoms in total. The maximum atomic E-state index is 12.8. The Kier molecular flexibility index (Phi) is 9.41. The van der Waals surface area contributed by atoms with E-state index in [1.165, 1.54) is 59.5 Å². The molecule has 2 aliphatic heterocycles. The van der Waals surface area contributed by atoms with E-state index in [2.05, 4.69) is 77.9 Å². The first-order chi connectivity index (χ1) is 21.8. The highest BCUT2D eigenvalue weighted by molar-refractivity contribution is 8.26. The lowest BCUT2D eigenvalue weighted by Gasteiger charge is -2.25. The molecule has 2 aromatic heterocycles. The Hall–Kier alpha value is -3.51. The number of thiocarbonyl (C=S) groups is 1. The number of thiophene rings is 2. The Morgan fingerprint density at radius 1 is 1.02 bits per heavy atom. The Morgan fingerprint density at radius 3 is 2.47 bits per heavy atom. The zero-order valence-corrected chi connectivity index (χ0v) is 28.0. The summed E-state index contributed by atoms with van der Waals surface area (Å²) >= 11 is 11.9. The number of aliphatic carboxylic acids is 1. The van der Waals surface area contributed by atoms with Crippen molar-refractivity contribution in [2.24, 2.45) is 0 Å². The first-order valence-electron chi connectivity index (χ1n) is 14.1. The molecule has 2 fully saturated rings. The van der Waals surface area contributed by atoms with Gasteiger partial charge in [0, 0.05) is 37.2 Å². The van der Waals surface area contributed by atoms with Gasteiger partial charge in [0.1, 0.15) is 10.9 Å². The highest BCUT2D eigenvalue weighted by Crippen LogP contribution is 2.54. The Labute approximate surface area is 281 Å². The molecule has 1 saturated carbocycles. The van der Waals surface area contributed by atoms with Crippen LogP contribution in [0, 0.1) is 0 Å². The molecule has 1 aliphatic carbocycles. The van der Waals surface area contributed by atoms with Crippen LogP contribution in [0.5, 0.6) is 0 Å². The number of anilines is 2.